The average molecular weight is 282 g/mol. The van der Waals surface area contributed by atoms with Crippen molar-refractivity contribution in [2.24, 2.45) is 11.8 Å². The number of hydrogen-bond acceptors (Lipinski definition) is 6. The lowest BCUT2D eigenvalue weighted by Gasteiger charge is -2.22. The van der Waals surface area contributed by atoms with Gasteiger partial charge in [-0.2, -0.15) is 0 Å². The van der Waals surface area contributed by atoms with Crippen LogP contribution in [0.1, 0.15) is 25.7 Å². The molecule has 110 valence electrons. The van der Waals surface area contributed by atoms with Gasteiger partial charge in [0.1, 0.15) is 0 Å². The monoisotopic (exact) mass is 282 g/mol. The van der Waals surface area contributed by atoms with Crippen molar-refractivity contribution in [2.45, 2.75) is 44.6 Å². The molecule has 5 unspecified atom stereocenters. The maximum atomic E-state index is 11.6. The Morgan fingerprint density at radius 2 is 1.70 bits per heavy atom. The minimum atomic E-state index is -1.00. The molecule has 2 heterocycles. The van der Waals surface area contributed by atoms with Crippen molar-refractivity contribution >= 4 is 5.97 Å². The van der Waals surface area contributed by atoms with E-state index >= 15 is 0 Å². The molecule has 3 rings (SSSR count). The Balaban J connectivity index is 1.71. The maximum absolute atomic E-state index is 11.6. The van der Waals surface area contributed by atoms with Crippen LogP contribution in [-0.4, -0.2) is 40.2 Å². The molecule has 20 heavy (non-hydrogen) atoms. The van der Waals surface area contributed by atoms with Crippen LogP contribution in [0.25, 0.3) is 0 Å². The fourth-order valence-electron chi connectivity index (χ4n) is 3.11. The summed E-state index contributed by atoms with van der Waals surface area (Å²) >= 11 is 0. The summed E-state index contributed by atoms with van der Waals surface area (Å²) in [5.74, 6) is -0.928. The first-order valence-electron chi connectivity index (χ1n) is 6.84. The second-order valence-electron chi connectivity index (χ2n) is 5.49. The molecule has 0 spiro atoms. The maximum Gasteiger partial charge on any atom is 0.315 e. The Hall–Kier alpha value is -1.21. The third-order valence-electron chi connectivity index (χ3n) is 4.21. The molecule has 2 aliphatic heterocycles. The predicted molar refractivity (Wildman–Crippen MR) is 66.8 cm³/mol. The molecular weight excluding hydrogens is 264 g/mol. The van der Waals surface area contributed by atoms with Gasteiger partial charge >= 0.3 is 5.97 Å². The van der Waals surface area contributed by atoms with Crippen LogP contribution in [0.15, 0.2) is 23.3 Å². The van der Waals surface area contributed by atoms with Gasteiger partial charge in [0.15, 0.2) is 12.6 Å². The van der Waals surface area contributed by atoms with Gasteiger partial charge in [-0.05, 0) is 12.8 Å². The molecule has 3 N–H and O–H groups in total. The van der Waals surface area contributed by atoms with Crippen LogP contribution >= 0.6 is 0 Å². The second-order valence-corrected chi connectivity index (χ2v) is 5.49. The van der Waals surface area contributed by atoms with Gasteiger partial charge in [-0.25, -0.2) is 0 Å². The zero-order valence-electron chi connectivity index (χ0n) is 10.9. The summed E-state index contributed by atoms with van der Waals surface area (Å²) in [7, 11) is 0. The van der Waals surface area contributed by atoms with Crippen molar-refractivity contribution < 1.29 is 29.6 Å². The predicted octanol–water partition coefficient (Wildman–Crippen LogP) is 0.188. The highest BCUT2D eigenvalue weighted by Crippen LogP contribution is 2.38. The summed E-state index contributed by atoms with van der Waals surface area (Å²) < 4.78 is 9.67. The van der Waals surface area contributed by atoms with Crippen LogP contribution in [0.3, 0.4) is 0 Å². The van der Waals surface area contributed by atoms with Crippen LogP contribution in [-0.2, 0) is 14.3 Å². The highest BCUT2D eigenvalue weighted by molar-refractivity contribution is 5.78. The molecular formula is C14H18O6. The van der Waals surface area contributed by atoms with Crippen LogP contribution in [0.4, 0.5) is 0 Å². The smallest absolute Gasteiger partial charge is 0.315 e. The Labute approximate surface area is 116 Å². The van der Waals surface area contributed by atoms with Crippen molar-refractivity contribution in [3.05, 3.63) is 23.3 Å². The lowest BCUT2D eigenvalue weighted by Crippen LogP contribution is -2.19. The van der Waals surface area contributed by atoms with Crippen molar-refractivity contribution in [3.8, 4) is 0 Å². The van der Waals surface area contributed by atoms with Crippen molar-refractivity contribution in [1.82, 2.24) is 0 Å². The van der Waals surface area contributed by atoms with E-state index in [0.29, 0.717) is 25.7 Å². The number of aliphatic hydroxyl groups excluding tert-OH is 3. The van der Waals surface area contributed by atoms with Crippen molar-refractivity contribution in [1.29, 1.82) is 0 Å². The van der Waals surface area contributed by atoms with Gasteiger partial charge in [0.25, 0.3) is 0 Å². The van der Waals surface area contributed by atoms with Crippen molar-refractivity contribution in [3.63, 3.8) is 0 Å². The molecule has 0 aromatic rings. The fourth-order valence-corrected chi connectivity index (χ4v) is 3.11. The molecule has 0 bridgehead atoms. The van der Waals surface area contributed by atoms with E-state index in [0.717, 1.165) is 11.1 Å². The number of esters is 1. The van der Waals surface area contributed by atoms with Gasteiger partial charge in [-0.3, -0.25) is 4.79 Å². The zero-order valence-corrected chi connectivity index (χ0v) is 10.9. The molecule has 2 saturated heterocycles. The molecule has 0 amide bonds. The first-order chi connectivity index (χ1) is 9.54. The molecule has 0 radical (unpaired) electrons. The third kappa shape index (κ3) is 2.52. The molecule has 0 aromatic carbocycles. The molecule has 1 aliphatic carbocycles. The number of ether oxygens (including phenoxy) is 2. The van der Waals surface area contributed by atoms with E-state index in [4.69, 9.17) is 9.47 Å². The zero-order chi connectivity index (χ0) is 14.3. The van der Waals surface area contributed by atoms with Gasteiger partial charge in [-0.15, -0.1) is 0 Å². The molecule has 0 saturated carbocycles. The average Bonchev–Trinajstić information content (AvgIpc) is 2.92. The highest BCUT2D eigenvalue weighted by Gasteiger charge is 2.38. The molecule has 6 nitrogen and oxygen atoms in total. The van der Waals surface area contributed by atoms with Crippen LogP contribution in [0, 0.1) is 11.8 Å². The van der Waals surface area contributed by atoms with E-state index in [1.807, 2.05) is 12.2 Å². The van der Waals surface area contributed by atoms with E-state index in [2.05, 4.69) is 0 Å². The highest BCUT2D eigenvalue weighted by atomic mass is 16.7. The second kappa shape index (κ2) is 5.29. The largest absolute Gasteiger partial charge is 0.435 e. The Bertz CT molecular complexity index is 468. The molecule has 0 aromatic heterocycles. The van der Waals surface area contributed by atoms with Crippen molar-refractivity contribution in [2.75, 3.05) is 0 Å². The van der Waals surface area contributed by atoms with E-state index in [1.165, 1.54) is 0 Å². The Morgan fingerprint density at radius 1 is 1.00 bits per heavy atom. The summed E-state index contributed by atoms with van der Waals surface area (Å²) in [6.07, 6.45) is 2.96. The Kier molecular flexibility index (Phi) is 3.64. The first-order valence-corrected chi connectivity index (χ1v) is 6.84. The van der Waals surface area contributed by atoms with Crippen LogP contribution in [0.5, 0.6) is 0 Å². The lowest BCUT2D eigenvalue weighted by molar-refractivity contribution is -0.166. The van der Waals surface area contributed by atoms with Gasteiger partial charge in [0.05, 0.1) is 5.92 Å². The number of carbonyl (C=O) groups excluding carboxylic acids is 1. The summed E-state index contributed by atoms with van der Waals surface area (Å²) in [6.45, 7) is 0. The Morgan fingerprint density at radius 3 is 2.20 bits per heavy atom. The molecule has 2 fully saturated rings. The fraction of sp³-hybridized carbons (Fsp3) is 0.643. The molecule has 6 heteroatoms. The number of cyclic esters (lactones) is 1. The number of carbonyl (C=O) groups is 1. The number of hydrogen-bond donors (Lipinski definition) is 3. The van der Waals surface area contributed by atoms with E-state index in [-0.39, 0.29) is 17.8 Å². The topological polar surface area (TPSA) is 96.2 Å². The van der Waals surface area contributed by atoms with Crippen LogP contribution < -0.4 is 0 Å². The van der Waals surface area contributed by atoms with Gasteiger partial charge < -0.3 is 24.8 Å². The quantitative estimate of drug-likeness (QED) is 0.626. The minimum absolute atomic E-state index is 0.191. The first kappa shape index (κ1) is 13.8. The van der Waals surface area contributed by atoms with Gasteiger partial charge in [0, 0.05) is 18.8 Å². The number of allylic oxidation sites excluding steroid dienone is 2. The van der Waals surface area contributed by atoms with E-state index in [1.54, 1.807) is 0 Å². The van der Waals surface area contributed by atoms with Gasteiger partial charge in [0.2, 0.25) is 6.29 Å². The molecule has 5 atom stereocenters. The number of rotatable bonds is 2. The summed E-state index contributed by atoms with van der Waals surface area (Å²) in [6, 6.07) is 0. The number of aliphatic hydroxyl groups is 3. The normalized spacial score (nSPS) is 41.4. The third-order valence-corrected chi connectivity index (χ3v) is 4.21. The lowest BCUT2D eigenvalue weighted by atomic mass is 9.83. The van der Waals surface area contributed by atoms with E-state index in [9.17, 15) is 20.1 Å². The minimum Gasteiger partial charge on any atom is -0.435 e. The van der Waals surface area contributed by atoms with Crippen LogP contribution in [0.2, 0.25) is 0 Å². The van der Waals surface area contributed by atoms with E-state index < -0.39 is 18.9 Å². The van der Waals surface area contributed by atoms with Gasteiger partial charge in [-0.1, -0.05) is 23.3 Å². The summed E-state index contributed by atoms with van der Waals surface area (Å²) in [5, 5.41) is 28.4. The summed E-state index contributed by atoms with van der Waals surface area (Å²) in [5.41, 5.74) is 1.97. The SMILES string of the molecule is O=C1OC(O)CC1C1=CC=C(C2CC(O)OC2O)CC1. The standard InChI is InChI=1S/C14H18O6/c15-11-5-9(13(17)19-11)7-1-2-8(4-3-7)10-6-12(16)20-14(10)18/h1-2,9-13,15-17H,3-6H2. The molecule has 3 aliphatic rings. The summed E-state index contributed by atoms with van der Waals surface area (Å²) in [4.78, 5) is 11.6.